The molecule has 1 atom stereocenters. The van der Waals surface area contributed by atoms with E-state index in [-0.39, 0.29) is 11.3 Å². The Bertz CT molecular complexity index is 832. The zero-order valence-corrected chi connectivity index (χ0v) is 15.2. The van der Waals surface area contributed by atoms with Gasteiger partial charge < -0.3 is 5.11 Å². The van der Waals surface area contributed by atoms with E-state index in [2.05, 4.69) is 4.72 Å². The maximum absolute atomic E-state index is 12.9. The number of aliphatic carboxylic acids is 1. The Kier molecular flexibility index (Phi) is 6.33. The van der Waals surface area contributed by atoms with E-state index in [0.717, 1.165) is 12.0 Å². The molecule has 0 amide bonds. The lowest BCUT2D eigenvalue weighted by atomic mass is 10.1. The number of benzene rings is 2. The molecule has 0 saturated heterocycles. The fraction of sp³-hybridized carbons (Fsp3) is 0.316. The summed E-state index contributed by atoms with van der Waals surface area (Å²) in [5.41, 5.74) is 2.26. The summed E-state index contributed by atoms with van der Waals surface area (Å²) >= 11 is 0. The van der Waals surface area contributed by atoms with Crippen molar-refractivity contribution in [2.45, 2.75) is 44.0 Å². The smallest absolute Gasteiger partial charge is 0.305 e. The van der Waals surface area contributed by atoms with Gasteiger partial charge in [-0.2, -0.15) is 0 Å². The second-order valence-electron chi connectivity index (χ2n) is 5.83. The number of carbonyl (C=O) groups is 1. The third-order valence-corrected chi connectivity index (χ3v) is 5.64. The molecule has 1 unspecified atom stereocenters. The van der Waals surface area contributed by atoms with Crippen LogP contribution in [0.3, 0.4) is 0 Å². The minimum Gasteiger partial charge on any atom is -0.481 e. The first-order valence-corrected chi connectivity index (χ1v) is 9.76. The molecule has 5 nitrogen and oxygen atoms in total. The maximum atomic E-state index is 12.9. The van der Waals surface area contributed by atoms with Gasteiger partial charge in [-0.1, -0.05) is 56.3 Å². The Balaban J connectivity index is 2.42. The Labute approximate surface area is 148 Å². The topological polar surface area (TPSA) is 83.5 Å². The van der Waals surface area contributed by atoms with Gasteiger partial charge in [0.05, 0.1) is 17.4 Å². The molecule has 0 heterocycles. The first-order valence-electron chi connectivity index (χ1n) is 8.28. The van der Waals surface area contributed by atoms with Gasteiger partial charge in [0.2, 0.25) is 10.0 Å². The molecule has 2 rings (SSSR count). The van der Waals surface area contributed by atoms with Gasteiger partial charge >= 0.3 is 5.97 Å². The molecule has 0 bridgehead atoms. The molecule has 2 aromatic rings. The second kappa shape index (κ2) is 8.27. The third-order valence-electron chi connectivity index (χ3n) is 4.09. The van der Waals surface area contributed by atoms with Gasteiger partial charge in [0.1, 0.15) is 0 Å². The van der Waals surface area contributed by atoms with Crippen LogP contribution in [-0.2, 0) is 27.7 Å². The number of carboxylic acid groups (broad SMARTS) is 1. The monoisotopic (exact) mass is 361 g/mol. The summed E-state index contributed by atoms with van der Waals surface area (Å²) in [6.45, 7) is 3.86. The Morgan fingerprint density at radius 1 is 1.08 bits per heavy atom. The zero-order chi connectivity index (χ0) is 18.4. The molecular weight excluding hydrogens is 338 g/mol. The highest BCUT2D eigenvalue weighted by atomic mass is 32.2. The van der Waals surface area contributed by atoms with Crippen LogP contribution in [0.15, 0.2) is 53.4 Å². The SMILES string of the molecule is CCc1ccc(CC)c(S(=O)(=O)NC(CC(=O)O)c2ccccc2)c1. The first-order chi connectivity index (χ1) is 11.9. The summed E-state index contributed by atoms with van der Waals surface area (Å²) in [5, 5.41) is 9.16. The average Bonchev–Trinajstić information content (AvgIpc) is 2.60. The molecule has 0 aliphatic rings. The highest BCUT2D eigenvalue weighted by Crippen LogP contribution is 2.24. The van der Waals surface area contributed by atoms with Crippen molar-refractivity contribution < 1.29 is 18.3 Å². The van der Waals surface area contributed by atoms with E-state index in [1.165, 1.54) is 0 Å². The molecule has 6 heteroatoms. The molecule has 0 aliphatic carbocycles. The molecule has 0 spiro atoms. The highest BCUT2D eigenvalue weighted by Gasteiger charge is 2.25. The first kappa shape index (κ1) is 19.1. The summed E-state index contributed by atoms with van der Waals surface area (Å²) in [5.74, 6) is -1.06. The van der Waals surface area contributed by atoms with Crippen molar-refractivity contribution in [1.82, 2.24) is 4.72 Å². The Morgan fingerprint density at radius 3 is 2.32 bits per heavy atom. The number of sulfonamides is 1. The second-order valence-corrected chi connectivity index (χ2v) is 7.51. The van der Waals surface area contributed by atoms with Gasteiger partial charge in [-0.15, -0.1) is 0 Å². The van der Waals surface area contributed by atoms with Crippen LogP contribution < -0.4 is 4.72 Å². The van der Waals surface area contributed by atoms with Crippen molar-refractivity contribution in [3.63, 3.8) is 0 Å². The van der Waals surface area contributed by atoms with Crippen LogP contribution in [0.2, 0.25) is 0 Å². The van der Waals surface area contributed by atoms with Crippen molar-refractivity contribution in [3.8, 4) is 0 Å². The number of aryl methyl sites for hydroxylation is 2. The van der Waals surface area contributed by atoms with Crippen molar-refractivity contribution in [2.75, 3.05) is 0 Å². The molecular formula is C19H23NO4S. The van der Waals surface area contributed by atoms with Crippen LogP contribution in [0, 0.1) is 0 Å². The molecule has 0 aliphatic heterocycles. The molecule has 0 saturated carbocycles. The summed E-state index contributed by atoms with van der Waals surface area (Å²) < 4.78 is 28.5. The molecule has 134 valence electrons. The zero-order valence-electron chi connectivity index (χ0n) is 14.4. The lowest BCUT2D eigenvalue weighted by molar-refractivity contribution is -0.137. The maximum Gasteiger partial charge on any atom is 0.305 e. The van der Waals surface area contributed by atoms with Crippen molar-refractivity contribution >= 4 is 16.0 Å². The van der Waals surface area contributed by atoms with Crippen molar-refractivity contribution in [2.24, 2.45) is 0 Å². The van der Waals surface area contributed by atoms with Gasteiger partial charge in [0.15, 0.2) is 0 Å². The van der Waals surface area contributed by atoms with E-state index in [1.54, 1.807) is 36.4 Å². The van der Waals surface area contributed by atoms with Crippen LogP contribution in [0.25, 0.3) is 0 Å². The van der Waals surface area contributed by atoms with Gasteiger partial charge in [-0.05, 0) is 35.6 Å². The largest absolute Gasteiger partial charge is 0.481 e. The van der Waals surface area contributed by atoms with E-state index < -0.39 is 22.0 Å². The fourth-order valence-corrected chi connectivity index (χ4v) is 4.28. The standard InChI is InChI=1S/C19H23NO4S/c1-3-14-10-11-15(4-2)18(12-14)25(23,24)20-17(13-19(21)22)16-8-6-5-7-9-16/h5-12,17,20H,3-4,13H2,1-2H3,(H,21,22). The van der Waals surface area contributed by atoms with Crippen LogP contribution in [0.1, 0.15) is 43.0 Å². The van der Waals surface area contributed by atoms with Gasteiger partial charge in [0, 0.05) is 0 Å². The summed E-state index contributed by atoms with van der Waals surface area (Å²) in [6.07, 6.45) is 0.983. The van der Waals surface area contributed by atoms with E-state index in [0.29, 0.717) is 17.5 Å². The van der Waals surface area contributed by atoms with E-state index in [4.69, 9.17) is 5.11 Å². The number of rotatable bonds is 8. The number of hydrogen-bond acceptors (Lipinski definition) is 3. The third kappa shape index (κ3) is 4.90. The Hall–Kier alpha value is -2.18. The molecule has 25 heavy (non-hydrogen) atoms. The lowest BCUT2D eigenvalue weighted by Crippen LogP contribution is -2.31. The average molecular weight is 361 g/mol. The normalized spacial score (nSPS) is 12.7. The molecule has 0 fully saturated rings. The Morgan fingerprint density at radius 2 is 1.76 bits per heavy atom. The number of carboxylic acids is 1. The van der Waals surface area contributed by atoms with Gasteiger partial charge in [-0.3, -0.25) is 4.79 Å². The lowest BCUT2D eigenvalue weighted by Gasteiger charge is -2.19. The number of hydrogen-bond donors (Lipinski definition) is 2. The quantitative estimate of drug-likeness (QED) is 0.756. The molecule has 2 N–H and O–H groups in total. The summed E-state index contributed by atoms with van der Waals surface area (Å²) in [4.78, 5) is 11.4. The summed E-state index contributed by atoms with van der Waals surface area (Å²) in [7, 11) is -3.84. The van der Waals surface area contributed by atoms with E-state index >= 15 is 0 Å². The highest BCUT2D eigenvalue weighted by molar-refractivity contribution is 7.89. The summed E-state index contributed by atoms with van der Waals surface area (Å²) in [6, 6.07) is 13.4. The van der Waals surface area contributed by atoms with Crippen LogP contribution >= 0.6 is 0 Å². The van der Waals surface area contributed by atoms with Crippen LogP contribution in [-0.4, -0.2) is 19.5 Å². The van der Waals surface area contributed by atoms with Gasteiger partial charge in [-0.25, -0.2) is 13.1 Å². The van der Waals surface area contributed by atoms with E-state index in [1.807, 2.05) is 26.0 Å². The molecule has 0 radical (unpaired) electrons. The fourth-order valence-electron chi connectivity index (χ4n) is 2.70. The molecule has 2 aromatic carbocycles. The number of nitrogens with one attached hydrogen (secondary N) is 1. The van der Waals surface area contributed by atoms with Crippen molar-refractivity contribution in [3.05, 3.63) is 65.2 Å². The molecule has 0 aromatic heterocycles. The van der Waals surface area contributed by atoms with Gasteiger partial charge in [0.25, 0.3) is 0 Å². The predicted octanol–water partition coefficient (Wildman–Crippen LogP) is 3.31. The van der Waals surface area contributed by atoms with Crippen LogP contribution in [0.5, 0.6) is 0 Å². The van der Waals surface area contributed by atoms with Crippen LogP contribution in [0.4, 0.5) is 0 Å². The van der Waals surface area contributed by atoms with Crippen molar-refractivity contribution in [1.29, 1.82) is 0 Å². The minimum atomic E-state index is -3.84. The van der Waals surface area contributed by atoms with E-state index in [9.17, 15) is 13.2 Å². The minimum absolute atomic E-state index is 0.223. The predicted molar refractivity (Wildman–Crippen MR) is 97.0 cm³/mol.